The first-order valence-electron chi connectivity index (χ1n) is 4.86. The Hall–Kier alpha value is -1.29. The average Bonchev–Trinajstić information content (AvgIpc) is 2.68. The number of hydrogen-bond donors (Lipinski definition) is 0. The number of halogens is 1. The van der Waals surface area contributed by atoms with E-state index in [1.165, 1.54) is 17.4 Å². The fourth-order valence-electron chi connectivity index (χ4n) is 1.33. The van der Waals surface area contributed by atoms with Gasteiger partial charge in [-0.05, 0) is 18.6 Å². The molecule has 0 saturated carbocycles. The molecule has 0 saturated heterocycles. The van der Waals surface area contributed by atoms with Crippen molar-refractivity contribution in [2.75, 3.05) is 0 Å². The van der Waals surface area contributed by atoms with Gasteiger partial charge in [-0.1, -0.05) is 13.3 Å². The van der Waals surface area contributed by atoms with Gasteiger partial charge in [-0.2, -0.15) is 0 Å². The lowest BCUT2D eigenvalue weighted by Gasteiger charge is -1.95. The minimum absolute atomic E-state index is 0.310. The topological polar surface area (TPSA) is 25.8 Å². The summed E-state index contributed by atoms with van der Waals surface area (Å²) in [5, 5.41) is 2.63. The van der Waals surface area contributed by atoms with E-state index in [1.54, 1.807) is 12.3 Å². The van der Waals surface area contributed by atoms with Gasteiger partial charge in [-0.3, -0.25) is 4.98 Å². The summed E-state index contributed by atoms with van der Waals surface area (Å²) in [5.41, 5.74) is 1.37. The SMILES string of the molecule is CCCc1csc(-c2ncccc2F)n1. The molecule has 0 radical (unpaired) electrons. The Balaban J connectivity index is 2.33. The standard InChI is InChI=1S/C11H11FN2S/c1-2-4-8-7-15-11(14-8)10-9(12)5-3-6-13-10/h3,5-7H,2,4H2,1H3. The second kappa shape index (κ2) is 4.49. The predicted octanol–water partition coefficient (Wildman–Crippen LogP) is 3.30. The Kier molecular flexibility index (Phi) is 3.06. The van der Waals surface area contributed by atoms with Gasteiger partial charge < -0.3 is 0 Å². The summed E-state index contributed by atoms with van der Waals surface area (Å²) in [6, 6.07) is 2.99. The number of rotatable bonds is 3. The van der Waals surface area contributed by atoms with Crippen LogP contribution < -0.4 is 0 Å². The second-order valence-corrected chi connectivity index (χ2v) is 4.09. The van der Waals surface area contributed by atoms with Crippen LogP contribution in [0, 0.1) is 5.82 Å². The molecule has 0 aliphatic heterocycles. The van der Waals surface area contributed by atoms with Crippen LogP contribution in [0.3, 0.4) is 0 Å². The van der Waals surface area contributed by atoms with E-state index in [0.717, 1.165) is 18.5 Å². The van der Waals surface area contributed by atoms with Gasteiger partial charge >= 0.3 is 0 Å². The Morgan fingerprint density at radius 2 is 2.33 bits per heavy atom. The molecular formula is C11H11FN2S. The number of thiazole rings is 1. The molecule has 2 nitrogen and oxygen atoms in total. The number of pyridine rings is 1. The van der Waals surface area contributed by atoms with Crippen LogP contribution in [0.25, 0.3) is 10.7 Å². The molecule has 0 bridgehead atoms. The average molecular weight is 222 g/mol. The molecule has 0 fully saturated rings. The van der Waals surface area contributed by atoms with E-state index >= 15 is 0 Å². The monoisotopic (exact) mass is 222 g/mol. The molecule has 2 heterocycles. The maximum atomic E-state index is 13.4. The van der Waals surface area contributed by atoms with Crippen molar-refractivity contribution in [3.8, 4) is 10.7 Å². The van der Waals surface area contributed by atoms with Crippen molar-refractivity contribution in [1.29, 1.82) is 0 Å². The molecular weight excluding hydrogens is 211 g/mol. The highest BCUT2D eigenvalue weighted by Crippen LogP contribution is 2.24. The maximum Gasteiger partial charge on any atom is 0.151 e. The lowest BCUT2D eigenvalue weighted by Crippen LogP contribution is -1.88. The van der Waals surface area contributed by atoms with Gasteiger partial charge in [0, 0.05) is 11.6 Å². The van der Waals surface area contributed by atoms with Gasteiger partial charge in [0.2, 0.25) is 0 Å². The fourth-order valence-corrected chi connectivity index (χ4v) is 2.18. The Labute approximate surface area is 91.8 Å². The molecule has 2 rings (SSSR count). The third-order valence-electron chi connectivity index (χ3n) is 2.02. The first-order valence-corrected chi connectivity index (χ1v) is 5.74. The smallest absolute Gasteiger partial charge is 0.151 e. The molecule has 0 spiro atoms. The highest BCUT2D eigenvalue weighted by Gasteiger charge is 2.09. The number of hydrogen-bond acceptors (Lipinski definition) is 3. The molecule has 0 aliphatic rings. The van der Waals surface area contributed by atoms with Gasteiger partial charge in [0.05, 0.1) is 5.69 Å². The summed E-state index contributed by atoms with van der Waals surface area (Å²) in [6.07, 6.45) is 3.57. The molecule has 0 atom stereocenters. The van der Waals surface area contributed by atoms with E-state index < -0.39 is 0 Å². The number of aryl methyl sites for hydroxylation is 1. The van der Waals surface area contributed by atoms with Gasteiger partial charge in [0.15, 0.2) is 5.82 Å². The minimum Gasteiger partial charge on any atom is -0.251 e. The molecule has 0 aromatic carbocycles. The maximum absolute atomic E-state index is 13.4. The molecule has 2 aromatic heterocycles. The van der Waals surface area contributed by atoms with E-state index in [9.17, 15) is 4.39 Å². The van der Waals surface area contributed by atoms with Crippen molar-refractivity contribution in [3.63, 3.8) is 0 Å². The van der Waals surface area contributed by atoms with Crippen molar-refractivity contribution in [2.24, 2.45) is 0 Å². The zero-order chi connectivity index (χ0) is 10.7. The summed E-state index contributed by atoms with van der Waals surface area (Å²) >= 11 is 1.44. The molecule has 4 heteroatoms. The van der Waals surface area contributed by atoms with Crippen LogP contribution in [0.5, 0.6) is 0 Å². The van der Waals surface area contributed by atoms with Gasteiger partial charge in [0.1, 0.15) is 10.7 Å². The summed E-state index contributed by atoms with van der Waals surface area (Å²) in [7, 11) is 0. The van der Waals surface area contributed by atoms with Crippen molar-refractivity contribution in [3.05, 3.63) is 35.2 Å². The third kappa shape index (κ3) is 2.21. The van der Waals surface area contributed by atoms with E-state index in [-0.39, 0.29) is 5.82 Å². The van der Waals surface area contributed by atoms with Gasteiger partial charge in [0.25, 0.3) is 0 Å². The van der Waals surface area contributed by atoms with Crippen LogP contribution in [-0.2, 0) is 6.42 Å². The van der Waals surface area contributed by atoms with Crippen LogP contribution in [0.1, 0.15) is 19.0 Å². The van der Waals surface area contributed by atoms with E-state index in [1.807, 2.05) is 5.38 Å². The first-order chi connectivity index (χ1) is 7.31. The Morgan fingerprint density at radius 3 is 3.07 bits per heavy atom. The quantitative estimate of drug-likeness (QED) is 0.796. The van der Waals surface area contributed by atoms with Crippen molar-refractivity contribution in [1.82, 2.24) is 9.97 Å². The highest BCUT2D eigenvalue weighted by molar-refractivity contribution is 7.13. The van der Waals surface area contributed by atoms with Crippen LogP contribution >= 0.6 is 11.3 Å². The number of aromatic nitrogens is 2. The summed E-state index contributed by atoms with van der Waals surface area (Å²) in [4.78, 5) is 8.34. The van der Waals surface area contributed by atoms with Gasteiger partial charge in [-0.15, -0.1) is 11.3 Å². The van der Waals surface area contributed by atoms with Crippen LogP contribution in [0.15, 0.2) is 23.7 Å². The molecule has 0 unspecified atom stereocenters. The second-order valence-electron chi connectivity index (χ2n) is 3.23. The van der Waals surface area contributed by atoms with E-state index in [4.69, 9.17) is 0 Å². The fraction of sp³-hybridized carbons (Fsp3) is 0.273. The minimum atomic E-state index is -0.310. The van der Waals surface area contributed by atoms with Gasteiger partial charge in [-0.25, -0.2) is 9.37 Å². The van der Waals surface area contributed by atoms with E-state index in [2.05, 4.69) is 16.9 Å². The summed E-state index contributed by atoms with van der Waals surface area (Å²) < 4.78 is 13.4. The number of nitrogens with zero attached hydrogens (tertiary/aromatic N) is 2. The molecule has 15 heavy (non-hydrogen) atoms. The largest absolute Gasteiger partial charge is 0.251 e. The Bertz CT molecular complexity index is 453. The zero-order valence-corrected chi connectivity index (χ0v) is 9.22. The molecule has 0 amide bonds. The van der Waals surface area contributed by atoms with Crippen molar-refractivity contribution >= 4 is 11.3 Å². The van der Waals surface area contributed by atoms with Crippen molar-refractivity contribution < 1.29 is 4.39 Å². The summed E-state index contributed by atoms with van der Waals surface area (Å²) in [5.74, 6) is -0.310. The van der Waals surface area contributed by atoms with Crippen molar-refractivity contribution in [2.45, 2.75) is 19.8 Å². The summed E-state index contributed by atoms with van der Waals surface area (Å²) in [6.45, 7) is 2.10. The molecule has 0 N–H and O–H groups in total. The molecule has 78 valence electrons. The van der Waals surface area contributed by atoms with Crippen LogP contribution in [-0.4, -0.2) is 9.97 Å². The lowest BCUT2D eigenvalue weighted by molar-refractivity contribution is 0.625. The molecule has 2 aromatic rings. The normalized spacial score (nSPS) is 10.5. The van der Waals surface area contributed by atoms with Crippen LogP contribution in [0.4, 0.5) is 4.39 Å². The Morgan fingerprint density at radius 1 is 1.47 bits per heavy atom. The van der Waals surface area contributed by atoms with E-state index in [0.29, 0.717) is 10.7 Å². The predicted molar refractivity (Wildman–Crippen MR) is 59.3 cm³/mol. The lowest BCUT2D eigenvalue weighted by atomic mass is 10.3. The third-order valence-corrected chi connectivity index (χ3v) is 2.92. The first kappa shape index (κ1) is 10.2. The zero-order valence-electron chi connectivity index (χ0n) is 8.40. The van der Waals surface area contributed by atoms with Crippen LogP contribution in [0.2, 0.25) is 0 Å². The highest BCUT2D eigenvalue weighted by atomic mass is 32.1. The molecule has 0 aliphatic carbocycles.